The van der Waals surface area contributed by atoms with E-state index >= 15 is 0 Å². The summed E-state index contributed by atoms with van der Waals surface area (Å²) in [6.07, 6.45) is 2.35. The van der Waals surface area contributed by atoms with Gasteiger partial charge in [-0.2, -0.15) is 0 Å². The normalized spacial score (nSPS) is 9.64. The van der Waals surface area contributed by atoms with E-state index < -0.39 is 0 Å². The fraction of sp³-hybridized carbons (Fsp3) is 0.375. The molecule has 0 saturated carbocycles. The van der Waals surface area contributed by atoms with Crippen molar-refractivity contribution in [2.75, 3.05) is 13.7 Å². The number of hydrogen-bond acceptors (Lipinski definition) is 3. The molecule has 0 unspecified atom stereocenters. The standard InChI is InChI=1S/C8H11NO2/c1-11-8-3-2-7(4-5-10)6-9-8/h2-3,6,10H,4-5H2,1H3. The van der Waals surface area contributed by atoms with Gasteiger partial charge in [-0.25, -0.2) is 4.98 Å². The van der Waals surface area contributed by atoms with Gasteiger partial charge in [0.05, 0.1) is 7.11 Å². The van der Waals surface area contributed by atoms with E-state index in [0.717, 1.165) is 5.56 Å². The lowest BCUT2D eigenvalue weighted by atomic mass is 10.2. The van der Waals surface area contributed by atoms with E-state index in [1.165, 1.54) is 0 Å². The van der Waals surface area contributed by atoms with E-state index in [0.29, 0.717) is 12.3 Å². The van der Waals surface area contributed by atoms with Crippen LogP contribution < -0.4 is 4.74 Å². The Bertz CT molecular complexity index is 208. The van der Waals surface area contributed by atoms with Gasteiger partial charge in [-0.1, -0.05) is 6.07 Å². The molecular formula is C8H11NO2. The van der Waals surface area contributed by atoms with Crippen LogP contribution in [0, 0.1) is 0 Å². The Labute approximate surface area is 65.7 Å². The van der Waals surface area contributed by atoms with Crippen LogP contribution in [0.2, 0.25) is 0 Å². The summed E-state index contributed by atoms with van der Waals surface area (Å²) in [5.74, 6) is 0.603. The van der Waals surface area contributed by atoms with Gasteiger partial charge in [0.25, 0.3) is 0 Å². The van der Waals surface area contributed by atoms with Crippen molar-refractivity contribution in [1.82, 2.24) is 4.98 Å². The van der Waals surface area contributed by atoms with Crippen LogP contribution in [0.25, 0.3) is 0 Å². The Balaban J connectivity index is 2.66. The van der Waals surface area contributed by atoms with Crippen LogP contribution >= 0.6 is 0 Å². The van der Waals surface area contributed by atoms with Crippen LogP contribution in [0.15, 0.2) is 18.3 Å². The third-order valence-corrected chi connectivity index (χ3v) is 1.41. The van der Waals surface area contributed by atoms with Gasteiger partial charge in [-0.05, 0) is 12.0 Å². The van der Waals surface area contributed by atoms with Gasteiger partial charge in [0.2, 0.25) is 5.88 Å². The highest BCUT2D eigenvalue weighted by Crippen LogP contribution is 2.06. The fourth-order valence-electron chi connectivity index (χ4n) is 0.809. The fourth-order valence-corrected chi connectivity index (χ4v) is 0.809. The second-order valence-electron chi connectivity index (χ2n) is 2.18. The molecule has 3 heteroatoms. The lowest BCUT2D eigenvalue weighted by molar-refractivity contribution is 0.299. The maximum Gasteiger partial charge on any atom is 0.212 e. The number of hydrogen-bond donors (Lipinski definition) is 1. The number of pyridine rings is 1. The van der Waals surface area contributed by atoms with E-state index in [1.54, 1.807) is 19.4 Å². The minimum atomic E-state index is 0.161. The summed E-state index contributed by atoms with van der Waals surface area (Å²) in [5, 5.41) is 8.59. The van der Waals surface area contributed by atoms with E-state index in [4.69, 9.17) is 9.84 Å². The van der Waals surface area contributed by atoms with E-state index in [-0.39, 0.29) is 6.61 Å². The number of ether oxygens (including phenoxy) is 1. The molecule has 0 aromatic carbocycles. The first-order chi connectivity index (χ1) is 5.36. The summed E-state index contributed by atoms with van der Waals surface area (Å²) < 4.78 is 4.87. The van der Waals surface area contributed by atoms with Gasteiger partial charge >= 0.3 is 0 Å². The molecule has 1 rings (SSSR count). The van der Waals surface area contributed by atoms with Gasteiger partial charge < -0.3 is 9.84 Å². The number of methoxy groups -OCH3 is 1. The molecular weight excluding hydrogens is 142 g/mol. The van der Waals surface area contributed by atoms with Gasteiger partial charge in [0.15, 0.2) is 0 Å². The number of rotatable bonds is 3. The van der Waals surface area contributed by atoms with Crippen LogP contribution in [-0.2, 0) is 6.42 Å². The zero-order chi connectivity index (χ0) is 8.10. The first-order valence-corrected chi connectivity index (χ1v) is 3.46. The van der Waals surface area contributed by atoms with Crippen molar-refractivity contribution in [3.05, 3.63) is 23.9 Å². The first-order valence-electron chi connectivity index (χ1n) is 3.46. The SMILES string of the molecule is COc1ccc(CCO)cn1. The van der Waals surface area contributed by atoms with E-state index in [2.05, 4.69) is 4.98 Å². The van der Waals surface area contributed by atoms with Crippen LogP contribution in [0.3, 0.4) is 0 Å². The predicted octanol–water partition coefficient (Wildman–Crippen LogP) is 0.625. The Hall–Kier alpha value is -1.09. The number of aliphatic hydroxyl groups excluding tert-OH is 1. The molecule has 0 fully saturated rings. The highest BCUT2D eigenvalue weighted by Gasteiger charge is 1.93. The molecule has 60 valence electrons. The summed E-state index contributed by atoms with van der Waals surface area (Å²) >= 11 is 0. The minimum absolute atomic E-state index is 0.161. The molecule has 0 bridgehead atoms. The maximum absolute atomic E-state index is 8.59. The van der Waals surface area contributed by atoms with Crippen molar-refractivity contribution in [3.63, 3.8) is 0 Å². The summed E-state index contributed by atoms with van der Waals surface area (Å²) in [6, 6.07) is 3.67. The predicted molar refractivity (Wildman–Crippen MR) is 41.6 cm³/mol. The summed E-state index contributed by atoms with van der Waals surface area (Å²) in [6.45, 7) is 0.161. The molecule has 1 aromatic heterocycles. The monoisotopic (exact) mass is 153 g/mol. The van der Waals surface area contributed by atoms with Crippen molar-refractivity contribution < 1.29 is 9.84 Å². The average molecular weight is 153 g/mol. The van der Waals surface area contributed by atoms with Gasteiger partial charge in [0.1, 0.15) is 0 Å². The Morgan fingerprint density at radius 1 is 1.55 bits per heavy atom. The topological polar surface area (TPSA) is 42.4 Å². The van der Waals surface area contributed by atoms with E-state index in [9.17, 15) is 0 Å². The molecule has 0 aliphatic carbocycles. The average Bonchev–Trinajstić information content (AvgIpc) is 2.07. The molecule has 0 amide bonds. The Kier molecular flexibility index (Phi) is 2.86. The van der Waals surface area contributed by atoms with Gasteiger partial charge in [0, 0.05) is 18.9 Å². The molecule has 0 radical (unpaired) electrons. The van der Waals surface area contributed by atoms with Crippen molar-refractivity contribution in [3.8, 4) is 5.88 Å². The lowest BCUT2D eigenvalue weighted by Gasteiger charge is -1.99. The van der Waals surface area contributed by atoms with Crippen molar-refractivity contribution in [2.24, 2.45) is 0 Å². The van der Waals surface area contributed by atoms with Crippen LogP contribution in [0.5, 0.6) is 5.88 Å². The van der Waals surface area contributed by atoms with E-state index in [1.807, 2.05) is 6.07 Å². The summed E-state index contributed by atoms with van der Waals surface area (Å²) in [4.78, 5) is 3.98. The van der Waals surface area contributed by atoms with Crippen LogP contribution in [0.1, 0.15) is 5.56 Å². The van der Waals surface area contributed by atoms with Crippen molar-refractivity contribution in [1.29, 1.82) is 0 Å². The largest absolute Gasteiger partial charge is 0.481 e. The first kappa shape index (κ1) is 8.01. The van der Waals surface area contributed by atoms with Gasteiger partial charge in [-0.15, -0.1) is 0 Å². The third-order valence-electron chi connectivity index (χ3n) is 1.41. The zero-order valence-electron chi connectivity index (χ0n) is 6.45. The second-order valence-corrected chi connectivity index (χ2v) is 2.18. The van der Waals surface area contributed by atoms with Crippen LogP contribution in [0.4, 0.5) is 0 Å². The quantitative estimate of drug-likeness (QED) is 0.692. The minimum Gasteiger partial charge on any atom is -0.481 e. The summed E-state index contributed by atoms with van der Waals surface area (Å²) in [7, 11) is 1.58. The van der Waals surface area contributed by atoms with Crippen LogP contribution in [-0.4, -0.2) is 23.8 Å². The van der Waals surface area contributed by atoms with Crippen molar-refractivity contribution >= 4 is 0 Å². The zero-order valence-corrected chi connectivity index (χ0v) is 6.45. The molecule has 0 aliphatic heterocycles. The molecule has 11 heavy (non-hydrogen) atoms. The Morgan fingerprint density at radius 2 is 2.36 bits per heavy atom. The molecule has 0 aliphatic rings. The highest BCUT2D eigenvalue weighted by atomic mass is 16.5. The Morgan fingerprint density at radius 3 is 2.82 bits per heavy atom. The molecule has 3 nitrogen and oxygen atoms in total. The molecule has 1 heterocycles. The lowest BCUT2D eigenvalue weighted by Crippen LogP contribution is -1.92. The second kappa shape index (κ2) is 3.93. The number of aromatic nitrogens is 1. The number of aliphatic hydroxyl groups is 1. The molecule has 0 atom stereocenters. The summed E-state index contributed by atoms with van der Waals surface area (Å²) in [5.41, 5.74) is 1.02. The smallest absolute Gasteiger partial charge is 0.212 e. The highest BCUT2D eigenvalue weighted by molar-refractivity contribution is 5.17. The molecule has 1 aromatic rings. The van der Waals surface area contributed by atoms with Gasteiger partial charge in [-0.3, -0.25) is 0 Å². The molecule has 1 N–H and O–H groups in total. The third kappa shape index (κ3) is 2.20. The maximum atomic E-state index is 8.59. The molecule has 0 spiro atoms. The number of nitrogens with zero attached hydrogens (tertiary/aromatic N) is 1. The van der Waals surface area contributed by atoms with Crippen molar-refractivity contribution in [2.45, 2.75) is 6.42 Å². The molecule has 0 saturated heterocycles.